The quantitative estimate of drug-likeness (QED) is 0.841. The summed E-state index contributed by atoms with van der Waals surface area (Å²) >= 11 is 0. The number of hydrogen-bond donors (Lipinski definition) is 1. The van der Waals surface area contributed by atoms with Crippen molar-refractivity contribution in [1.82, 2.24) is 10.4 Å². The van der Waals surface area contributed by atoms with Gasteiger partial charge in [-0.1, -0.05) is 20.8 Å². The van der Waals surface area contributed by atoms with Gasteiger partial charge in [0.05, 0.1) is 0 Å². The van der Waals surface area contributed by atoms with Gasteiger partial charge >= 0.3 is 0 Å². The molecule has 0 spiro atoms. The number of nitrogens with zero attached hydrogens (tertiary/aromatic N) is 2. The van der Waals surface area contributed by atoms with Gasteiger partial charge in [0.15, 0.2) is 0 Å². The van der Waals surface area contributed by atoms with Gasteiger partial charge in [-0.05, 0) is 42.2 Å². The van der Waals surface area contributed by atoms with Gasteiger partial charge in [0.1, 0.15) is 0 Å². The maximum atomic E-state index is 12.0. The van der Waals surface area contributed by atoms with Crippen LogP contribution >= 0.6 is 0 Å². The van der Waals surface area contributed by atoms with Crippen LogP contribution in [-0.4, -0.2) is 16.6 Å². The van der Waals surface area contributed by atoms with Gasteiger partial charge < -0.3 is 0 Å². The van der Waals surface area contributed by atoms with Crippen molar-refractivity contribution in [3.8, 4) is 0 Å². The van der Waals surface area contributed by atoms with Crippen molar-refractivity contribution < 1.29 is 4.79 Å². The summed E-state index contributed by atoms with van der Waals surface area (Å²) in [5.74, 6) is 1.72. The largest absolute Gasteiger partial charge is 0.271 e. The first-order chi connectivity index (χ1) is 9.50. The third kappa shape index (κ3) is 2.03. The summed E-state index contributed by atoms with van der Waals surface area (Å²) in [4.78, 5) is 15.9. The summed E-state index contributed by atoms with van der Waals surface area (Å²) in [6.07, 6.45) is 5.48. The van der Waals surface area contributed by atoms with Gasteiger partial charge in [0, 0.05) is 29.6 Å². The van der Waals surface area contributed by atoms with E-state index < -0.39 is 0 Å². The second kappa shape index (κ2) is 4.69. The first-order valence-corrected chi connectivity index (χ1v) is 7.27. The van der Waals surface area contributed by atoms with Gasteiger partial charge in [0.25, 0.3) is 5.91 Å². The lowest BCUT2D eigenvalue weighted by molar-refractivity contribution is 0.0954. The lowest BCUT2D eigenvalue weighted by Gasteiger charge is -2.36. The van der Waals surface area contributed by atoms with Crippen molar-refractivity contribution in [2.45, 2.75) is 33.6 Å². The van der Waals surface area contributed by atoms with Gasteiger partial charge in [-0.2, -0.15) is 5.10 Å². The standard InChI is InChI=1S/C16H21N3O/c1-10-13-8-12(16(10,2)3)9-14(13)18-19-15(20)11-4-6-17-7-5-11/h4-7,10,12-13H,8-9H2,1-3H3,(H,19,20)/b18-14-/t10-,12+,13-/m1/s1. The van der Waals surface area contributed by atoms with Gasteiger partial charge in [-0.3, -0.25) is 9.78 Å². The number of pyridine rings is 1. The zero-order valence-corrected chi connectivity index (χ0v) is 12.3. The molecule has 0 aromatic carbocycles. The Morgan fingerprint density at radius 2 is 2.10 bits per heavy atom. The average molecular weight is 271 g/mol. The minimum absolute atomic E-state index is 0.158. The lowest BCUT2D eigenvalue weighted by Crippen LogP contribution is -2.34. The molecule has 1 aromatic heterocycles. The molecule has 4 nitrogen and oxygen atoms in total. The Hall–Kier alpha value is -1.71. The molecule has 1 aromatic rings. The van der Waals surface area contributed by atoms with E-state index in [0.29, 0.717) is 28.7 Å². The monoisotopic (exact) mass is 271 g/mol. The Morgan fingerprint density at radius 1 is 1.40 bits per heavy atom. The first-order valence-electron chi connectivity index (χ1n) is 7.27. The molecule has 2 aliphatic rings. The predicted octanol–water partition coefficient (Wildman–Crippen LogP) is 2.87. The molecule has 1 amide bonds. The molecule has 3 atom stereocenters. The van der Waals surface area contributed by atoms with Crippen LogP contribution in [0.25, 0.3) is 0 Å². The van der Waals surface area contributed by atoms with E-state index in [-0.39, 0.29) is 5.91 Å². The Bertz CT molecular complexity index is 546. The third-order valence-corrected chi connectivity index (χ3v) is 5.49. The number of hydrazone groups is 1. The van der Waals surface area contributed by atoms with Crippen molar-refractivity contribution in [3.63, 3.8) is 0 Å². The number of carbonyl (C=O) groups excluding carboxylic acids is 1. The lowest BCUT2D eigenvalue weighted by atomic mass is 9.69. The molecule has 2 aliphatic carbocycles. The van der Waals surface area contributed by atoms with Crippen molar-refractivity contribution in [3.05, 3.63) is 30.1 Å². The van der Waals surface area contributed by atoms with Crippen LogP contribution in [0.5, 0.6) is 0 Å². The SMILES string of the molecule is C[C@@H]1[C@H]2C[C@@H](C/C2=N/NC(=O)c2ccncc2)C1(C)C. The minimum Gasteiger partial charge on any atom is -0.267 e. The topological polar surface area (TPSA) is 54.4 Å². The molecule has 4 heteroatoms. The van der Waals surface area contributed by atoms with Crippen molar-refractivity contribution in [2.75, 3.05) is 0 Å². The molecule has 1 N–H and O–H groups in total. The molecule has 3 rings (SSSR count). The summed E-state index contributed by atoms with van der Waals surface area (Å²) in [5, 5.41) is 4.39. The Morgan fingerprint density at radius 3 is 2.70 bits per heavy atom. The van der Waals surface area contributed by atoms with Gasteiger partial charge in [-0.15, -0.1) is 0 Å². The van der Waals surface area contributed by atoms with E-state index in [2.05, 4.69) is 36.3 Å². The van der Waals surface area contributed by atoms with E-state index in [4.69, 9.17) is 0 Å². The zero-order valence-electron chi connectivity index (χ0n) is 12.3. The summed E-state index contributed by atoms with van der Waals surface area (Å²) in [5.41, 5.74) is 4.87. The fourth-order valence-corrected chi connectivity index (χ4v) is 3.70. The zero-order chi connectivity index (χ0) is 14.3. The number of aromatic nitrogens is 1. The number of rotatable bonds is 2. The molecular weight excluding hydrogens is 250 g/mol. The maximum absolute atomic E-state index is 12.0. The highest BCUT2D eigenvalue weighted by Crippen LogP contribution is 2.57. The number of carbonyl (C=O) groups is 1. The molecule has 106 valence electrons. The number of nitrogens with one attached hydrogen (secondary N) is 1. The van der Waals surface area contributed by atoms with Crippen LogP contribution in [-0.2, 0) is 0 Å². The van der Waals surface area contributed by atoms with E-state index in [9.17, 15) is 4.79 Å². The Labute approximate surface area is 119 Å². The van der Waals surface area contributed by atoms with Crippen molar-refractivity contribution in [1.29, 1.82) is 0 Å². The molecule has 20 heavy (non-hydrogen) atoms. The van der Waals surface area contributed by atoms with Crippen LogP contribution in [0, 0.1) is 23.2 Å². The molecule has 0 saturated heterocycles. The van der Waals surface area contributed by atoms with E-state index >= 15 is 0 Å². The summed E-state index contributed by atoms with van der Waals surface area (Å²) < 4.78 is 0. The Balaban J connectivity index is 1.69. The summed E-state index contributed by atoms with van der Waals surface area (Å²) in [6, 6.07) is 3.39. The number of amides is 1. The summed E-state index contributed by atoms with van der Waals surface area (Å²) in [7, 11) is 0. The fraction of sp³-hybridized carbons (Fsp3) is 0.562. The highest BCUT2D eigenvalue weighted by atomic mass is 16.2. The molecule has 0 aliphatic heterocycles. The highest BCUT2D eigenvalue weighted by molar-refractivity contribution is 5.96. The average Bonchev–Trinajstić information content (AvgIpc) is 2.97. The van der Waals surface area contributed by atoms with E-state index in [1.165, 1.54) is 12.1 Å². The van der Waals surface area contributed by atoms with E-state index in [1.807, 2.05) is 0 Å². The van der Waals surface area contributed by atoms with Crippen LogP contribution in [0.3, 0.4) is 0 Å². The van der Waals surface area contributed by atoms with Crippen LogP contribution in [0.4, 0.5) is 0 Å². The highest BCUT2D eigenvalue weighted by Gasteiger charge is 2.53. The Kier molecular flexibility index (Phi) is 3.11. The molecule has 2 bridgehead atoms. The normalized spacial score (nSPS) is 32.5. The second-order valence-electron chi connectivity index (χ2n) is 6.63. The van der Waals surface area contributed by atoms with Crippen LogP contribution < -0.4 is 5.43 Å². The molecule has 2 fully saturated rings. The van der Waals surface area contributed by atoms with Crippen LogP contribution in [0.2, 0.25) is 0 Å². The van der Waals surface area contributed by atoms with Gasteiger partial charge in [-0.25, -0.2) is 5.43 Å². The molecule has 0 radical (unpaired) electrons. The predicted molar refractivity (Wildman–Crippen MR) is 78.3 cm³/mol. The smallest absolute Gasteiger partial charge is 0.267 e. The third-order valence-electron chi connectivity index (χ3n) is 5.49. The fourth-order valence-electron chi connectivity index (χ4n) is 3.70. The molecular formula is C16H21N3O. The van der Waals surface area contributed by atoms with E-state index in [0.717, 1.165) is 6.42 Å². The van der Waals surface area contributed by atoms with Crippen LogP contribution in [0.15, 0.2) is 29.6 Å². The van der Waals surface area contributed by atoms with Gasteiger partial charge in [0.2, 0.25) is 0 Å². The van der Waals surface area contributed by atoms with Crippen molar-refractivity contribution in [2.24, 2.45) is 28.3 Å². The summed E-state index contributed by atoms with van der Waals surface area (Å²) in [6.45, 7) is 7.02. The van der Waals surface area contributed by atoms with Crippen molar-refractivity contribution >= 4 is 11.6 Å². The molecule has 1 heterocycles. The second-order valence-corrected chi connectivity index (χ2v) is 6.63. The molecule has 0 unspecified atom stereocenters. The van der Waals surface area contributed by atoms with Crippen LogP contribution in [0.1, 0.15) is 44.0 Å². The van der Waals surface area contributed by atoms with E-state index in [1.54, 1.807) is 24.5 Å². The molecule has 2 saturated carbocycles. The number of fused-ring (bicyclic) bond motifs is 2. The minimum atomic E-state index is -0.158. The maximum Gasteiger partial charge on any atom is 0.271 e. The number of hydrogen-bond acceptors (Lipinski definition) is 3. The first kappa shape index (κ1) is 13.3.